The van der Waals surface area contributed by atoms with Gasteiger partial charge in [-0.3, -0.25) is 19.2 Å². The van der Waals surface area contributed by atoms with Crippen LogP contribution < -0.4 is 16.0 Å². The van der Waals surface area contributed by atoms with E-state index in [0.29, 0.717) is 30.7 Å². The van der Waals surface area contributed by atoms with Crippen LogP contribution in [-0.4, -0.2) is 59.8 Å². The molecule has 2 aromatic heterocycles. The van der Waals surface area contributed by atoms with Gasteiger partial charge in [-0.2, -0.15) is 0 Å². The number of ether oxygens (including phenoxy) is 3. The lowest BCUT2D eigenvalue weighted by Gasteiger charge is -2.23. The minimum absolute atomic E-state index is 0.0712. The van der Waals surface area contributed by atoms with Crippen LogP contribution in [0.25, 0.3) is 18.2 Å². The Labute approximate surface area is 309 Å². The summed E-state index contributed by atoms with van der Waals surface area (Å²) in [6.07, 6.45) is 8.13. The predicted molar refractivity (Wildman–Crippen MR) is 204 cm³/mol. The van der Waals surface area contributed by atoms with Gasteiger partial charge in [0.1, 0.15) is 0 Å². The van der Waals surface area contributed by atoms with Crippen molar-refractivity contribution in [3.05, 3.63) is 110 Å². The first kappa shape index (κ1) is 38.7. The number of carbonyl (C=O) groups excluding carboxylic acids is 4. The van der Waals surface area contributed by atoms with Crippen molar-refractivity contribution in [3.63, 3.8) is 0 Å². The first-order chi connectivity index (χ1) is 25.4. The molecule has 11 heteroatoms. The Morgan fingerprint density at radius 2 is 1.55 bits per heavy atom. The summed E-state index contributed by atoms with van der Waals surface area (Å²) in [6.45, 7) is 13.8. The van der Waals surface area contributed by atoms with Crippen LogP contribution in [0.2, 0.25) is 0 Å². The van der Waals surface area contributed by atoms with Crippen molar-refractivity contribution in [2.75, 3.05) is 14.2 Å². The maximum absolute atomic E-state index is 13.0. The summed E-state index contributed by atoms with van der Waals surface area (Å²) in [5.41, 5.74) is 8.67. The van der Waals surface area contributed by atoms with E-state index in [9.17, 15) is 19.2 Å². The van der Waals surface area contributed by atoms with Crippen molar-refractivity contribution in [3.8, 4) is 0 Å². The average molecular weight is 721 g/mol. The quantitative estimate of drug-likeness (QED) is 0.206. The summed E-state index contributed by atoms with van der Waals surface area (Å²) in [7, 11) is 2.73. The molecule has 1 fully saturated rings. The minimum atomic E-state index is -0.338. The first-order valence-electron chi connectivity index (χ1n) is 17.8. The van der Waals surface area contributed by atoms with Crippen LogP contribution in [0.4, 0.5) is 0 Å². The van der Waals surface area contributed by atoms with Crippen molar-refractivity contribution in [2.45, 2.75) is 73.0 Å². The fourth-order valence-corrected chi connectivity index (χ4v) is 7.03. The van der Waals surface area contributed by atoms with Gasteiger partial charge in [0.15, 0.2) is 0 Å². The number of methoxy groups -OCH3 is 2. The van der Waals surface area contributed by atoms with Gasteiger partial charge in [-0.15, -0.1) is 0 Å². The highest BCUT2D eigenvalue weighted by atomic mass is 16.5. The fourth-order valence-electron chi connectivity index (χ4n) is 7.03. The highest BCUT2D eigenvalue weighted by Gasteiger charge is 2.39. The lowest BCUT2D eigenvalue weighted by atomic mass is 9.89. The van der Waals surface area contributed by atoms with Gasteiger partial charge >= 0.3 is 11.9 Å². The number of aromatic nitrogens is 2. The Balaban J connectivity index is 1.60. The Hall–Kier alpha value is -5.55. The Morgan fingerprint density at radius 3 is 2.17 bits per heavy atom. The van der Waals surface area contributed by atoms with Crippen LogP contribution in [-0.2, 0) is 52.8 Å². The van der Waals surface area contributed by atoms with Crippen LogP contribution >= 0.6 is 0 Å². The molecule has 0 bridgehead atoms. The number of aromatic amines is 2. The molecule has 53 heavy (non-hydrogen) atoms. The third kappa shape index (κ3) is 8.58. The molecule has 2 aliphatic rings. The van der Waals surface area contributed by atoms with Gasteiger partial charge in [0.2, 0.25) is 5.91 Å². The third-order valence-corrected chi connectivity index (χ3v) is 10.3. The van der Waals surface area contributed by atoms with E-state index >= 15 is 0 Å². The predicted octanol–water partition coefficient (Wildman–Crippen LogP) is 4.59. The first-order valence-corrected chi connectivity index (χ1v) is 17.8. The second-order valence-electron chi connectivity index (χ2n) is 13.5. The molecule has 0 radical (unpaired) electrons. The molecule has 4 heterocycles. The summed E-state index contributed by atoms with van der Waals surface area (Å²) in [6, 6.07) is 9.92. The van der Waals surface area contributed by atoms with Gasteiger partial charge in [0, 0.05) is 58.0 Å². The van der Waals surface area contributed by atoms with E-state index in [-0.39, 0.29) is 54.5 Å². The number of aliphatic imine (C=N–C) groups is 1. The normalized spacial score (nSPS) is 19.2. The molecule has 2 amide bonds. The van der Waals surface area contributed by atoms with Gasteiger partial charge < -0.3 is 29.5 Å². The number of rotatable bonds is 14. The number of carbonyl (C=O) groups is 4. The minimum Gasteiger partial charge on any atom is -0.469 e. The highest BCUT2D eigenvalue weighted by molar-refractivity contribution is 6.31. The van der Waals surface area contributed by atoms with E-state index in [0.717, 1.165) is 61.2 Å². The van der Waals surface area contributed by atoms with Crippen molar-refractivity contribution >= 4 is 47.7 Å². The molecule has 3 N–H and O–H groups in total. The highest BCUT2D eigenvalue weighted by Crippen LogP contribution is 2.34. The number of benzene rings is 1. The van der Waals surface area contributed by atoms with Gasteiger partial charge in [-0.1, -0.05) is 49.9 Å². The van der Waals surface area contributed by atoms with Crippen molar-refractivity contribution < 1.29 is 33.4 Å². The van der Waals surface area contributed by atoms with E-state index in [1.807, 2.05) is 83.2 Å². The van der Waals surface area contributed by atoms with Gasteiger partial charge in [-0.05, 0) is 92.2 Å². The van der Waals surface area contributed by atoms with Crippen LogP contribution in [0.1, 0.15) is 72.8 Å². The largest absolute Gasteiger partial charge is 0.469 e. The smallest absolute Gasteiger partial charge is 0.305 e. The van der Waals surface area contributed by atoms with Crippen LogP contribution in [0.5, 0.6) is 0 Å². The van der Waals surface area contributed by atoms with Gasteiger partial charge in [-0.25, -0.2) is 4.99 Å². The lowest BCUT2D eigenvalue weighted by molar-refractivity contribution is -0.141. The van der Waals surface area contributed by atoms with E-state index in [1.165, 1.54) is 20.3 Å². The number of nitrogens with one attached hydrogen (secondary N) is 3. The number of allylic oxidation sites excluding steroid dienone is 1. The Morgan fingerprint density at radius 1 is 0.887 bits per heavy atom. The average Bonchev–Trinajstić information content (AvgIpc) is 3.80. The van der Waals surface area contributed by atoms with Gasteiger partial charge in [0.25, 0.3) is 5.91 Å². The van der Waals surface area contributed by atoms with Gasteiger partial charge in [0.05, 0.1) is 32.6 Å². The molecule has 0 saturated carbocycles. The van der Waals surface area contributed by atoms with E-state index in [1.54, 1.807) is 0 Å². The van der Waals surface area contributed by atoms with Crippen molar-refractivity contribution in [2.24, 2.45) is 16.8 Å². The second-order valence-corrected chi connectivity index (χ2v) is 13.5. The summed E-state index contributed by atoms with van der Waals surface area (Å²) in [5.74, 6) is -1.59. The number of amides is 2. The molecule has 0 spiro atoms. The molecule has 1 saturated heterocycles. The topological polar surface area (TPSA) is 152 Å². The zero-order valence-corrected chi connectivity index (χ0v) is 31.5. The number of H-pyrrole nitrogens is 2. The zero-order valence-electron chi connectivity index (χ0n) is 31.5. The van der Waals surface area contributed by atoms with Crippen LogP contribution in [0.3, 0.4) is 0 Å². The standard InChI is InChI=1S/C42H48N4O7/c1-9-29-23(2)34(45-42(29)50)19-32-24(3)30(15-17-38(47)51-7)35(43-32)21-36-31(16-18-39(48)52-8)25(4)33(44-36)20-37-40(26(5)41(49)46-37)27(6)53-22-28-13-11-10-12-14-28/h9-14,19-21,26-27,40,43-44H,1,15-18,22H2,2-8H3,(H,46,49)/b32-19+,35-21-,37-20-/t26-,27+,40+/m1/s1. The molecule has 2 aliphatic heterocycles. The van der Waals surface area contributed by atoms with E-state index < -0.39 is 0 Å². The van der Waals surface area contributed by atoms with Crippen LogP contribution in [0, 0.1) is 25.7 Å². The number of esters is 2. The Bertz CT molecular complexity index is 2150. The fraction of sp³-hybridized carbons (Fsp3) is 0.357. The monoisotopic (exact) mass is 720 g/mol. The van der Waals surface area contributed by atoms with Crippen molar-refractivity contribution in [1.29, 1.82) is 0 Å². The van der Waals surface area contributed by atoms with Crippen LogP contribution in [0.15, 0.2) is 64.8 Å². The summed E-state index contributed by atoms with van der Waals surface area (Å²) < 4.78 is 16.2. The Kier molecular flexibility index (Phi) is 12.3. The maximum atomic E-state index is 13.0. The molecule has 1 aromatic carbocycles. The van der Waals surface area contributed by atoms with E-state index in [4.69, 9.17) is 14.2 Å². The summed E-state index contributed by atoms with van der Waals surface area (Å²) >= 11 is 0. The van der Waals surface area contributed by atoms with Crippen molar-refractivity contribution in [1.82, 2.24) is 15.3 Å². The molecular weight excluding hydrogens is 672 g/mol. The third-order valence-electron chi connectivity index (χ3n) is 10.3. The SMILES string of the molecule is C=CC1=C(C)C(/C=c2/[nH]/c(=C\c3[nH]c(/C=C4\NC(=O)[C@H](C)[C@H]4[C@H](C)OCc4ccccc4)c(C)c3CCC(=O)OC)c(CCC(=O)OC)c2C)=NC1=O. The molecule has 278 valence electrons. The number of hydrogen-bond acceptors (Lipinski definition) is 7. The molecular formula is C42H48N4O7. The second kappa shape index (κ2) is 16.9. The zero-order chi connectivity index (χ0) is 38.4. The lowest BCUT2D eigenvalue weighted by Crippen LogP contribution is -2.26. The van der Waals surface area contributed by atoms with E-state index in [2.05, 4.69) is 26.9 Å². The summed E-state index contributed by atoms with van der Waals surface area (Å²) in [5, 5.41) is 4.57. The number of hydrogen-bond donors (Lipinski definition) is 3. The maximum Gasteiger partial charge on any atom is 0.305 e. The summed E-state index contributed by atoms with van der Waals surface area (Å²) in [4.78, 5) is 61.4. The molecule has 11 nitrogen and oxygen atoms in total. The number of nitrogens with zero attached hydrogens (tertiary/aromatic N) is 1. The molecule has 3 atom stereocenters. The molecule has 5 rings (SSSR count). The molecule has 0 aliphatic carbocycles. The molecule has 3 aromatic rings. The molecule has 0 unspecified atom stereocenters.